The molecule has 0 radical (unpaired) electrons. The summed E-state index contributed by atoms with van der Waals surface area (Å²) in [7, 11) is -3.50. The van der Waals surface area contributed by atoms with Gasteiger partial charge in [0.05, 0.1) is 28.1 Å². The molecule has 1 aliphatic rings. The number of halogens is 1. The molecule has 1 saturated heterocycles. The zero-order chi connectivity index (χ0) is 15.2. The Bertz CT molecular complexity index is 747. The third-order valence-corrected chi connectivity index (χ3v) is 6.27. The monoisotopic (exact) mass is 373 g/mol. The van der Waals surface area contributed by atoms with Gasteiger partial charge in [-0.05, 0) is 36.2 Å². The first-order valence-electron chi connectivity index (χ1n) is 6.61. The van der Waals surface area contributed by atoms with Crippen molar-refractivity contribution < 1.29 is 8.42 Å². The van der Waals surface area contributed by atoms with Gasteiger partial charge in [0.1, 0.15) is 4.90 Å². The maximum absolute atomic E-state index is 12.7. The van der Waals surface area contributed by atoms with Crippen molar-refractivity contribution in [1.29, 1.82) is 0 Å². The standard InChI is InChI=1S/C12H16BrN5O2S/c1-8-12(9(2)16-15-8)21(19,20)17-4-3-11(7-17)18-6-10(13)5-14-18/h5-6,11H,3-4,7H2,1-2H3,(H,15,16). The molecule has 3 heterocycles. The van der Waals surface area contributed by atoms with Crippen molar-refractivity contribution >= 4 is 26.0 Å². The Kier molecular flexibility index (Phi) is 3.66. The van der Waals surface area contributed by atoms with Crippen molar-refractivity contribution in [2.24, 2.45) is 0 Å². The van der Waals surface area contributed by atoms with Crippen LogP contribution in [0.2, 0.25) is 0 Å². The molecule has 1 unspecified atom stereocenters. The average Bonchev–Trinajstić information content (AvgIpc) is 3.09. The van der Waals surface area contributed by atoms with E-state index in [0.717, 1.165) is 10.9 Å². The molecule has 1 fully saturated rings. The molecule has 7 nitrogen and oxygen atoms in total. The van der Waals surface area contributed by atoms with Crippen LogP contribution in [-0.4, -0.2) is 45.8 Å². The van der Waals surface area contributed by atoms with Crippen molar-refractivity contribution in [3.8, 4) is 0 Å². The van der Waals surface area contributed by atoms with E-state index < -0.39 is 10.0 Å². The minimum absolute atomic E-state index is 0.0681. The quantitative estimate of drug-likeness (QED) is 0.885. The minimum atomic E-state index is -3.50. The summed E-state index contributed by atoms with van der Waals surface area (Å²) in [6.45, 7) is 4.36. The zero-order valence-corrected chi connectivity index (χ0v) is 14.1. The van der Waals surface area contributed by atoms with Gasteiger partial charge in [0, 0.05) is 19.3 Å². The highest BCUT2D eigenvalue weighted by molar-refractivity contribution is 9.10. The second-order valence-electron chi connectivity index (χ2n) is 5.21. The van der Waals surface area contributed by atoms with Crippen LogP contribution in [0, 0.1) is 13.8 Å². The van der Waals surface area contributed by atoms with E-state index in [1.807, 2.05) is 10.9 Å². The number of nitrogens with zero attached hydrogens (tertiary/aromatic N) is 4. The van der Waals surface area contributed by atoms with Gasteiger partial charge in [-0.2, -0.15) is 14.5 Å². The molecule has 0 aliphatic carbocycles. The molecule has 9 heteroatoms. The normalized spacial score (nSPS) is 20.2. The van der Waals surface area contributed by atoms with E-state index in [0.29, 0.717) is 29.4 Å². The lowest BCUT2D eigenvalue weighted by molar-refractivity contribution is 0.434. The Morgan fingerprint density at radius 2 is 2.19 bits per heavy atom. The van der Waals surface area contributed by atoms with Gasteiger partial charge >= 0.3 is 0 Å². The minimum Gasteiger partial charge on any atom is -0.281 e. The summed E-state index contributed by atoms with van der Waals surface area (Å²) in [5, 5.41) is 11.0. The van der Waals surface area contributed by atoms with Crippen molar-refractivity contribution in [3.05, 3.63) is 28.3 Å². The Morgan fingerprint density at radius 1 is 1.43 bits per heavy atom. The lowest BCUT2D eigenvalue weighted by atomic mass is 10.3. The summed E-state index contributed by atoms with van der Waals surface area (Å²) in [4.78, 5) is 0.296. The topological polar surface area (TPSA) is 83.9 Å². The molecule has 0 aromatic carbocycles. The first-order valence-corrected chi connectivity index (χ1v) is 8.84. The number of sulfonamides is 1. The molecule has 114 valence electrons. The molecule has 0 spiro atoms. The van der Waals surface area contributed by atoms with Gasteiger partial charge in [-0.3, -0.25) is 9.78 Å². The van der Waals surface area contributed by atoms with Crippen LogP contribution in [0.25, 0.3) is 0 Å². The van der Waals surface area contributed by atoms with Crippen molar-refractivity contribution in [1.82, 2.24) is 24.3 Å². The van der Waals surface area contributed by atoms with Crippen LogP contribution in [0.3, 0.4) is 0 Å². The van der Waals surface area contributed by atoms with E-state index in [9.17, 15) is 8.42 Å². The molecular formula is C12H16BrN5O2S. The zero-order valence-electron chi connectivity index (χ0n) is 11.7. The number of aromatic nitrogens is 4. The highest BCUT2D eigenvalue weighted by Crippen LogP contribution is 2.29. The fourth-order valence-electron chi connectivity index (χ4n) is 2.71. The SMILES string of the molecule is Cc1n[nH]c(C)c1S(=O)(=O)N1CCC(n2cc(Br)cn2)C1. The summed E-state index contributed by atoms with van der Waals surface area (Å²) in [5.74, 6) is 0. The van der Waals surface area contributed by atoms with Gasteiger partial charge in [-0.1, -0.05) is 0 Å². The molecule has 3 rings (SSSR count). The van der Waals surface area contributed by atoms with Crippen molar-refractivity contribution in [2.45, 2.75) is 31.2 Å². The largest absolute Gasteiger partial charge is 0.281 e. The first kappa shape index (κ1) is 14.7. The third-order valence-electron chi connectivity index (χ3n) is 3.73. The maximum atomic E-state index is 12.7. The van der Waals surface area contributed by atoms with Crippen LogP contribution in [0.5, 0.6) is 0 Å². The summed E-state index contributed by atoms with van der Waals surface area (Å²) in [6, 6.07) is 0.0681. The first-order chi connectivity index (χ1) is 9.89. The van der Waals surface area contributed by atoms with Crippen molar-refractivity contribution in [3.63, 3.8) is 0 Å². The van der Waals surface area contributed by atoms with Crippen LogP contribution in [0.15, 0.2) is 21.8 Å². The van der Waals surface area contributed by atoms with Crippen LogP contribution < -0.4 is 0 Å². The molecule has 21 heavy (non-hydrogen) atoms. The lowest BCUT2D eigenvalue weighted by Crippen LogP contribution is -2.30. The highest BCUT2D eigenvalue weighted by atomic mass is 79.9. The average molecular weight is 374 g/mol. The Morgan fingerprint density at radius 3 is 2.76 bits per heavy atom. The van der Waals surface area contributed by atoms with Gasteiger partial charge in [-0.15, -0.1) is 0 Å². The van der Waals surface area contributed by atoms with Crippen LogP contribution in [0.4, 0.5) is 0 Å². The molecule has 0 amide bonds. The summed E-state index contributed by atoms with van der Waals surface area (Å²) in [5.41, 5.74) is 1.09. The summed E-state index contributed by atoms with van der Waals surface area (Å²) >= 11 is 3.36. The highest BCUT2D eigenvalue weighted by Gasteiger charge is 2.36. The lowest BCUT2D eigenvalue weighted by Gasteiger charge is -2.16. The summed E-state index contributed by atoms with van der Waals surface area (Å²) in [6.07, 6.45) is 4.33. The van der Waals surface area contributed by atoms with Crippen LogP contribution >= 0.6 is 15.9 Å². The van der Waals surface area contributed by atoms with Gasteiger partial charge < -0.3 is 0 Å². The number of hydrogen-bond donors (Lipinski definition) is 1. The number of aryl methyl sites for hydroxylation is 2. The Balaban J connectivity index is 1.86. The van der Waals surface area contributed by atoms with Crippen molar-refractivity contribution in [2.75, 3.05) is 13.1 Å². The van der Waals surface area contributed by atoms with E-state index in [4.69, 9.17) is 0 Å². The van der Waals surface area contributed by atoms with Crippen LogP contribution in [0.1, 0.15) is 23.9 Å². The molecule has 0 saturated carbocycles. The van der Waals surface area contributed by atoms with E-state index in [-0.39, 0.29) is 6.04 Å². The number of hydrogen-bond acceptors (Lipinski definition) is 4. The van der Waals surface area contributed by atoms with E-state index in [1.54, 1.807) is 20.0 Å². The van der Waals surface area contributed by atoms with Gasteiger partial charge in [0.15, 0.2) is 0 Å². The second kappa shape index (κ2) is 5.22. The van der Waals surface area contributed by atoms with E-state index >= 15 is 0 Å². The number of H-pyrrole nitrogens is 1. The number of nitrogens with one attached hydrogen (secondary N) is 1. The fourth-order valence-corrected chi connectivity index (χ4v) is 4.83. The Hall–Kier alpha value is -1.19. The second-order valence-corrected chi connectivity index (χ2v) is 8.00. The molecule has 2 aromatic heterocycles. The molecular weight excluding hydrogens is 358 g/mol. The maximum Gasteiger partial charge on any atom is 0.246 e. The van der Waals surface area contributed by atoms with E-state index in [1.165, 1.54) is 4.31 Å². The molecule has 1 aliphatic heterocycles. The van der Waals surface area contributed by atoms with Crippen LogP contribution in [-0.2, 0) is 10.0 Å². The fraction of sp³-hybridized carbons (Fsp3) is 0.500. The van der Waals surface area contributed by atoms with Gasteiger partial charge in [0.25, 0.3) is 0 Å². The third kappa shape index (κ3) is 2.53. The molecule has 0 bridgehead atoms. The predicted molar refractivity (Wildman–Crippen MR) is 80.4 cm³/mol. The molecule has 1 N–H and O–H groups in total. The number of rotatable bonds is 3. The molecule has 1 atom stereocenters. The Labute approximate surface area is 131 Å². The van der Waals surface area contributed by atoms with Gasteiger partial charge in [0.2, 0.25) is 10.0 Å². The van der Waals surface area contributed by atoms with Gasteiger partial charge in [-0.25, -0.2) is 8.42 Å². The molecule has 2 aromatic rings. The predicted octanol–water partition coefficient (Wildman–Crippen LogP) is 1.62. The summed E-state index contributed by atoms with van der Waals surface area (Å²) < 4.78 is 29.7. The van der Waals surface area contributed by atoms with E-state index in [2.05, 4.69) is 31.2 Å². The smallest absolute Gasteiger partial charge is 0.246 e. The number of aromatic amines is 1.